The Bertz CT molecular complexity index is 735. The molecule has 0 saturated carbocycles. The van der Waals surface area contributed by atoms with E-state index in [0.29, 0.717) is 4.47 Å². The van der Waals surface area contributed by atoms with Crippen LogP contribution in [0.1, 0.15) is 17.3 Å². The summed E-state index contributed by atoms with van der Waals surface area (Å²) in [5.41, 5.74) is -0.166. The number of amides is 1. The summed E-state index contributed by atoms with van der Waals surface area (Å²) in [6, 6.07) is 3.56. The summed E-state index contributed by atoms with van der Waals surface area (Å²) in [5.74, 6) is -1.32. The number of esters is 1. The van der Waals surface area contributed by atoms with Gasteiger partial charge in [0.25, 0.3) is 15.9 Å². The average Bonchev–Trinajstić information content (AvgIpc) is 2.52. The van der Waals surface area contributed by atoms with Crippen LogP contribution < -0.4 is 0 Å². The molecule has 1 amide bonds. The molecule has 1 atom stereocenters. The second kappa shape index (κ2) is 7.93. The fourth-order valence-corrected chi connectivity index (χ4v) is 2.90. The molecule has 0 N–H and O–H groups in total. The second-order valence-corrected chi connectivity index (χ2v) is 7.36. The van der Waals surface area contributed by atoms with Crippen LogP contribution in [-0.2, 0) is 24.4 Å². The molecule has 10 heteroatoms. The van der Waals surface area contributed by atoms with Crippen LogP contribution in [0.4, 0.5) is 0 Å². The maximum Gasteiger partial charge on any atom is 0.340 e. The Hall–Kier alpha value is -1.68. The van der Waals surface area contributed by atoms with E-state index in [9.17, 15) is 18.0 Å². The maximum absolute atomic E-state index is 12.2. The van der Waals surface area contributed by atoms with Gasteiger partial charge < -0.3 is 9.64 Å². The van der Waals surface area contributed by atoms with Gasteiger partial charge in [-0.1, -0.05) is 16.1 Å². The Labute approximate surface area is 145 Å². The second-order valence-electron chi connectivity index (χ2n) is 5.02. The third-order valence-corrected chi connectivity index (χ3v) is 5.13. The van der Waals surface area contributed by atoms with Gasteiger partial charge in [0.2, 0.25) is 0 Å². The van der Waals surface area contributed by atoms with Crippen LogP contribution in [0.25, 0.3) is 0 Å². The highest BCUT2D eigenvalue weighted by Gasteiger charge is 2.26. The summed E-state index contributed by atoms with van der Waals surface area (Å²) in [6.45, 7) is 1.41. The first kappa shape index (κ1) is 20.4. The van der Waals surface area contributed by atoms with Gasteiger partial charge in [-0.3, -0.25) is 9.63 Å². The van der Waals surface area contributed by atoms with Crippen molar-refractivity contribution in [3.05, 3.63) is 28.8 Å². The molecule has 0 bridgehead atoms. The lowest BCUT2D eigenvalue weighted by Gasteiger charge is -2.18. The number of carbonyl (C=O) groups is 2. The topological polar surface area (TPSA) is 93.2 Å². The molecule has 0 saturated heterocycles. The van der Waals surface area contributed by atoms with Gasteiger partial charge in [-0.2, -0.15) is 0 Å². The highest BCUT2D eigenvalue weighted by atomic mass is 35.5. The lowest BCUT2D eigenvalue weighted by atomic mass is 10.2. The molecule has 0 aliphatic heterocycles. The summed E-state index contributed by atoms with van der Waals surface area (Å²) in [6.07, 6.45) is -1.04. The zero-order valence-corrected chi connectivity index (χ0v) is 15.5. The van der Waals surface area contributed by atoms with E-state index in [-0.39, 0.29) is 15.5 Å². The Balaban J connectivity index is 3.15. The van der Waals surface area contributed by atoms with E-state index in [1.165, 1.54) is 52.2 Å². The number of benzene rings is 1. The summed E-state index contributed by atoms with van der Waals surface area (Å²) < 4.78 is 30.1. The van der Waals surface area contributed by atoms with Crippen LogP contribution in [0.5, 0.6) is 0 Å². The van der Waals surface area contributed by atoms with Crippen molar-refractivity contribution in [1.29, 1.82) is 0 Å². The van der Waals surface area contributed by atoms with Gasteiger partial charge in [-0.25, -0.2) is 13.2 Å². The molecule has 24 heavy (non-hydrogen) atoms. The van der Waals surface area contributed by atoms with Gasteiger partial charge in [0.05, 0.1) is 22.6 Å². The summed E-state index contributed by atoms with van der Waals surface area (Å²) >= 11 is 5.94. The molecule has 0 fully saturated rings. The number of hydroxylamine groups is 1. The van der Waals surface area contributed by atoms with E-state index >= 15 is 0 Å². The molecular formula is C14H19ClN2O6S. The number of carbonyl (C=O) groups excluding carboxylic acids is 2. The first-order chi connectivity index (χ1) is 11.0. The zero-order chi connectivity index (χ0) is 18.7. The van der Waals surface area contributed by atoms with Crippen molar-refractivity contribution in [2.45, 2.75) is 17.9 Å². The van der Waals surface area contributed by atoms with E-state index < -0.39 is 28.0 Å². The number of likely N-dealkylation sites (N-methyl/N-ethyl adjacent to an activating group) is 1. The van der Waals surface area contributed by atoms with Crippen LogP contribution in [0.15, 0.2) is 23.1 Å². The minimum Gasteiger partial charge on any atom is -0.449 e. The van der Waals surface area contributed by atoms with Gasteiger partial charge in [0.1, 0.15) is 0 Å². The molecule has 0 aliphatic carbocycles. The molecule has 8 nitrogen and oxygen atoms in total. The first-order valence-corrected chi connectivity index (χ1v) is 8.59. The smallest absolute Gasteiger partial charge is 0.340 e. The number of halogens is 1. The van der Waals surface area contributed by atoms with Crippen LogP contribution >= 0.6 is 11.6 Å². The van der Waals surface area contributed by atoms with Crippen molar-refractivity contribution in [1.82, 2.24) is 9.37 Å². The minimum atomic E-state index is -3.95. The standard InChI is InChI=1S/C14H19ClN2O6S/c1-9(13(18)16(2)3)23-14(19)11-8-10(6-7-12(11)15)24(20,21)17(4)22-5/h6-9H,1-5H3/t9-/m0/s1. The number of hydrogen-bond donors (Lipinski definition) is 0. The molecular weight excluding hydrogens is 360 g/mol. The highest BCUT2D eigenvalue weighted by molar-refractivity contribution is 7.89. The molecule has 134 valence electrons. The molecule has 0 radical (unpaired) electrons. The number of sulfonamides is 1. The van der Waals surface area contributed by atoms with Gasteiger partial charge in [0, 0.05) is 21.1 Å². The number of ether oxygens (including phenoxy) is 1. The monoisotopic (exact) mass is 378 g/mol. The normalized spacial score (nSPS) is 12.8. The van der Waals surface area contributed by atoms with Crippen molar-refractivity contribution in [2.24, 2.45) is 0 Å². The van der Waals surface area contributed by atoms with Crippen LogP contribution in [0.3, 0.4) is 0 Å². The Kier molecular flexibility index (Phi) is 6.73. The maximum atomic E-state index is 12.2. The fourth-order valence-electron chi connectivity index (χ4n) is 1.71. The van der Waals surface area contributed by atoms with Gasteiger partial charge in [0.15, 0.2) is 6.10 Å². The molecule has 0 spiro atoms. The van der Waals surface area contributed by atoms with E-state index in [1.807, 2.05) is 0 Å². The lowest BCUT2D eigenvalue weighted by Crippen LogP contribution is -2.35. The van der Waals surface area contributed by atoms with E-state index in [0.717, 1.165) is 6.07 Å². The summed E-state index contributed by atoms with van der Waals surface area (Å²) in [5, 5.41) is 0.00326. The predicted molar refractivity (Wildman–Crippen MR) is 87.0 cm³/mol. The van der Waals surface area contributed by atoms with Crippen molar-refractivity contribution in [3.8, 4) is 0 Å². The molecule has 1 aromatic carbocycles. The largest absolute Gasteiger partial charge is 0.449 e. The third kappa shape index (κ3) is 4.44. The molecule has 1 rings (SSSR count). The predicted octanol–water partition coefficient (Wildman–Crippen LogP) is 1.16. The number of hydrogen-bond acceptors (Lipinski definition) is 6. The highest BCUT2D eigenvalue weighted by Crippen LogP contribution is 2.23. The van der Waals surface area contributed by atoms with Crippen molar-refractivity contribution in [2.75, 3.05) is 28.3 Å². The van der Waals surface area contributed by atoms with Crippen LogP contribution in [0.2, 0.25) is 5.02 Å². The van der Waals surface area contributed by atoms with Crippen molar-refractivity contribution < 1.29 is 27.6 Å². The Morgan fingerprint density at radius 3 is 2.29 bits per heavy atom. The van der Waals surface area contributed by atoms with Crippen LogP contribution in [0, 0.1) is 0 Å². The molecule has 0 aliphatic rings. The molecule has 0 aromatic heterocycles. The lowest BCUT2D eigenvalue weighted by molar-refractivity contribution is -0.137. The first-order valence-electron chi connectivity index (χ1n) is 6.77. The fraction of sp³-hybridized carbons (Fsp3) is 0.429. The van der Waals surface area contributed by atoms with Crippen molar-refractivity contribution >= 4 is 33.5 Å². The number of nitrogens with zero attached hydrogens (tertiary/aromatic N) is 2. The van der Waals surface area contributed by atoms with Gasteiger partial charge in [-0.05, 0) is 25.1 Å². The SMILES string of the molecule is CON(C)S(=O)(=O)c1ccc(Cl)c(C(=O)O[C@@H](C)C(=O)N(C)C)c1. The minimum absolute atomic E-state index is 0.00326. The van der Waals surface area contributed by atoms with Crippen molar-refractivity contribution in [3.63, 3.8) is 0 Å². The average molecular weight is 379 g/mol. The number of rotatable bonds is 6. The Morgan fingerprint density at radius 2 is 1.79 bits per heavy atom. The summed E-state index contributed by atoms with van der Waals surface area (Å²) in [4.78, 5) is 29.7. The van der Waals surface area contributed by atoms with Gasteiger partial charge >= 0.3 is 5.97 Å². The summed E-state index contributed by atoms with van der Waals surface area (Å²) in [7, 11) is 1.49. The van der Waals surface area contributed by atoms with E-state index in [4.69, 9.17) is 16.3 Å². The molecule has 0 unspecified atom stereocenters. The Morgan fingerprint density at radius 1 is 1.21 bits per heavy atom. The van der Waals surface area contributed by atoms with E-state index in [2.05, 4.69) is 4.84 Å². The third-order valence-electron chi connectivity index (χ3n) is 3.12. The molecule has 0 heterocycles. The van der Waals surface area contributed by atoms with Gasteiger partial charge in [-0.15, -0.1) is 0 Å². The zero-order valence-electron chi connectivity index (χ0n) is 13.9. The van der Waals surface area contributed by atoms with Crippen LogP contribution in [-0.4, -0.2) is 64.0 Å². The molecule has 1 aromatic rings. The van der Waals surface area contributed by atoms with E-state index in [1.54, 1.807) is 0 Å². The quantitative estimate of drug-likeness (QED) is 0.544.